The maximum atomic E-state index is 13.7. The van der Waals surface area contributed by atoms with Gasteiger partial charge in [-0.15, -0.1) is 0 Å². The number of amides is 2. The summed E-state index contributed by atoms with van der Waals surface area (Å²) < 4.78 is 13.7. The first-order chi connectivity index (χ1) is 15.9. The van der Waals surface area contributed by atoms with Gasteiger partial charge < -0.3 is 21.3 Å². The number of carbonyl (C=O) groups is 1. The van der Waals surface area contributed by atoms with Crippen molar-refractivity contribution in [2.45, 2.75) is 13.8 Å². The van der Waals surface area contributed by atoms with E-state index in [4.69, 9.17) is 0 Å². The number of rotatable bonds is 6. The van der Waals surface area contributed by atoms with Crippen molar-refractivity contribution in [2.75, 3.05) is 21.3 Å². The van der Waals surface area contributed by atoms with Crippen LogP contribution in [0.15, 0.2) is 72.9 Å². The third kappa shape index (κ3) is 6.01. The lowest BCUT2D eigenvalue weighted by molar-refractivity contribution is 0.262. The zero-order chi connectivity index (χ0) is 23.2. The zero-order valence-corrected chi connectivity index (χ0v) is 18.1. The van der Waals surface area contributed by atoms with Gasteiger partial charge in [0.25, 0.3) is 0 Å². The highest BCUT2D eigenvalue weighted by atomic mass is 19.1. The Balaban J connectivity index is 1.40. The van der Waals surface area contributed by atoms with E-state index in [-0.39, 0.29) is 5.69 Å². The number of urea groups is 1. The third-order valence-electron chi connectivity index (χ3n) is 4.55. The normalized spacial score (nSPS) is 10.4. The van der Waals surface area contributed by atoms with Crippen LogP contribution in [0, 0.1) is 19.7 Å². The fourth-order valence-corrected chi connectivity index (χ4v) is 3.06. The number of aryl methyl sites for hydroxylation is 2. The number of benzene rings is 2. The van der Waals surface area contributed by atoms with Crippen LogP contribution in [0.3, 0.4) is 0 Å². The Morgan fingerprint density at radius 1 is 0.788 bits per heavy atom. The molecule has 0 aliphatic rings. The van der Waals surface area contributed by atoms with E-state index < -0.39 is 11.8 Å². The summed E-state index contributed by atoms with van der Waals surface area (Å²) in [5.41, 5.74) is 2.53. The van der Waals surface area contributed by atoms with E-state index in [1.54, 1.807) is 55.6 Å². The fraction of sp³-hybridized carbons (Fsp3) is 0.0833. The molecular weight excluding hydrogens is 421 g/mol. The van der Waals surface area contributed by atoms with Crippen LogP contribution < -0.4 is 21.3 Å². The number of halogens is 1. The number of nitrogens with one attached hydrogen (secondary N) is 4. The van der Waals surface area contributed by atoms with Crippen molar-refractivity contribution >= 4 is 40.5 Å². The van der Waals surface area contributed by atoms with E-state index in [1.165, 1.54) is 12.1 Å². The molecule has 0 bridgehead atoms. The minimum atomic E-state index is -0.535. The molecule has 2 aromatic heterocycles. The van der Waals surface area contributed by atoms with E-state index in [1.807, 2.05) is 19.1 Å². The van der Waals surface area contributed by atoms with Gasteiger partial charge in [-0.2, -0.15) is 0 Å². The second-order valence-electron chi connectivity index (χ2n) is 7.29. The van der Waals surface area contributed by atoms with Crippen molar-refractivity contribution in [1.29, 1.82) is 0 Å². The number of hydrogen-bond donors (Lipinski definition) is 4. The van der Waals surface area contributed by atoms with Crippen molar-refractivity contribution < 1.29 is 9.18 Å². The summed E-state index contributed by atoms with van der Waals surface area (Å²) in [6, 6.07) is 18.1. The maximum Gasteiger partial charge on any atom is 0.323 e. The molecule has 4 aromatic rings. The van der Waals surface area contributed by atoms with Gasteiger partial charge in [0.1, 0.15) is 29.1 Å². The van der Waals surface area contributed by atoms with Crippen molar-refractivity contribution in [3.05, 3.63) is 90.1 Å². The van der Waals surface area contributed by atoms with E-state index in [0.29, 0.717) is 29.0 Å². The van der Waals surface area contributed by atoms with Crippen LogP contribution in [-0.2, 0) is 0 Å². The largest absolute Gasteiger partial charge is 0.340 e. The molecule has 0 atom stereocenters. The first kappa shape index (κ1) is 21.7. The minimum Gasteiger partial charge on any atom is -0.340 e. The summed E-state index contributed by atoms with van der Waals surface area (Å²) in [7, 11) is 0. The molecule has 2 aromatic carbocycles. The van der Waals surface area contributed by atoms with Gasteiger partial charge in [0.15, 0.2) is 0 Å². The highest BCUT2D eigenvalue weighted by molar-refractivity contribution is 5.99. The summed E-state index contributed by atoms with van der Waals surface area (Å²) in [4.78, 5) is 25.2. The minimum absolute atomic E-state index is 0.109. The summed E-state index contributed by atoms with van der Waals surface area (Å²) in [6.07, 6.45) is 1.73. The van der Waals surface area contributed by atoms with Gasteiger partial charge in [-0.05, 0) is 67.9 Å². The van der Waals surface area contributed by atoms with Crippen LogP contribution >= 0.6 is 0 Å². The lowest BCUT2D eigenvalue weighted by Gasteiger charge is -2.11. The van der Waals surface area contributed by atoms with Gasteiger partial charge in [-0.1, -0.05) is 12.1 Å². The van der Waals surface area contributed by atoms with Gasteiger partial charge in [0, 0.05) is 23.6 Å². The molecular formula is C24H22FN7O. The lowest BCUT2D eigenvalue weighted by Crippen LogP contribution is -2.20. The van der Waals surface area contributed by atoms with Crippen LogP contribution in [-0.4, -0.2) is 21.0 Å². The third-order valence-corrected chi connectivity index (χ3v) is 4.55. The van der Waals surface area contributed by atoms with E-state index in [0.717, 1.165) is 11.3 Å². The van der Waals surface area contributed by atoms with Gasteiger partial charge >= 0.3 is 6.03 Å². The molecule has 9 heteroatoms. The monoisotopic (exact) mass is 443 g/mol. The number of anilines is 6. The molecule has 0 radical (unpaired) electrons. The van der Waals surface area contributed by atoms with Gasteiger partial charge in [-0.25, -0.2) is 24.1 Å². The van der Waals surface area contributed by atoms with Crippen LogP contribution in [0.25, 0.3) is 0 Å². The predicted molar refractivity (Wildman–Crippen MR) is 128 cm³/mol. The van der Waals surface area contributed by atoms with Gasteiger partial charge in [-0.3, -0.25) is 0 Å². The smallest absolute Gasteiger partial charge is 0.323 e. The summed E-state index contributed by atoms with van der Waals surface area (Å²) >= 11 is 0. The second-order valence-corrected chi connectivity index (χ2v) is 7.29. The molecule has 166 valence electrons. The molecule has 0 aliphatic heterocycles. The number of hydrogen-bond acceptors (Lipinski definition) is 6. The Morgan fingerprint density at radius 2 is 1.48 bits per heavy atom. The fourth-order valence-electron chi connectivity index (χ4n) is 3.06. The second kappa shape index (κ2) is 9.73. The van der Waals surface area contributed by atoms with Crippen LogP contribution in [0.5, 0.6) is 0 Å². The average molecular weight is 443 g/mol. The molecule has 8 nitrogen and oxygen atoms in total. The highest BCUT2D eigenvalue weighted by Gasteiger charge is 2.07. The van der Waals surface area contributed by atoms with E-state index >= 15 is 0 Å². The van der Waals surface area contributed by atoms with Crippen molar-refractivity contribution in [1.82, 2.24) is 15.0 Å². The number of carbonyl (C=O) groups excluding carboxylic acids is 1. The molecule has 2 heterocycles. The molecule has 0 aliphatic carbocycles. The summed E-state index contributed by atoms with van der Waals surface area (Å²) in [6.45, 7) is 3.80. The van der Waals surface area contributed by atoms with E-state index in [9.17, 15) is 9.18 Å². The lowest BCUT2D eigenvalue weighted by atomic mass is 10.2. The number of para-hydroxylation sites is 1. The first-order valence-electron chi connectivity index (χ1n) is 10.2. The highest BCUT2D eigenvalue weighted by Crippen LogP contribution is 2.22. The predicted octanol–water partition coefficient (Wildman–Crippen LogP) is 5.76. The standard InChI is InChI=1S/C24H22FN7O/c1-15-11-12-26-21(13-15)32-23-14-22(27-16(2)28-23)29-17-7-9-18(10-8-17)30-24(33)31-20-6-4-3-5-19(20)25/h3-14H,1-2H3,(H2,30,31,33)(H2,26,27,28,29,32). The summed E-state index contributed by atoms with van der Waals surface area (Å²) in [5.74, 6) is 2.02. The zero-order valence-electron chi connectivity index (χ0n) is 18.1. The topological polar surface area (TPSA) is 104 Å². The number of pyridine rings is 1. The Hall–Kier alpha value is -4.53. The Bertz CT molecular complexity index is 1280. The Morgan fingerprint density at radius 3 is 2.21 bits per heavy atom. The maximum absolute atomic E-state index is 13.7. The van der Waals surface area contributed by atoms with Crippen molar-refractivity contribution in [3.8, 4) is 0 Å². The quantitative estimate of drug-likeness (QED) is 0.302. The van der Waals surface area contributed by atoms with Crippen LogP contribution in [0.2, 0.25) is 0 Å². The van der Waals surface area contributed by atoms with Crippen LogP contribution in [0.1, 0.15) is 11.4 Å². The summed E-state index contributed by atoms with van der Waals surface area (Å²) in [5, 5.41) is 11.6. The molecule has 4 N–H and O–H groups in total. The molecule has 0 saturated carbocycles. The van der Waals surface area contributed by atoms with Crippen molar-refractivity contribution in [2.24, 2.45) is 0 Å². The van der Waals surface area contributed by atoms with Gasteiger partial charge in [0.05, 0.1) is 5.69 Å². The SMILES string of the molecule is Cc1ccnc(Nc2cc(Nc3ccc(NC(=O)Nc4ccccc4F)cc3)nc(C)n2)c1. The first-order valence-corrected chi connectivity index (χ1v) is 10.2. The van der Waals surface area contributed by atoms with E-state index in [2.05, 4.69) is 36.2 Å². The molecule has 0 saturated heterocycles. The van der Waals surface area contributed by atoms with Crippen molar-refractivity contribution in [3.63, 3.8) is 0 Å². The molecule has 0 spiro atoms. The molecule has 2 amide bonds. The molecule has 4 rings (SSSR count). The molecule has 0 fully saturated rings. The average Bonchev–Trinajstić information content (AvgIpc) is 2.76. The Kier molecular flexibility index (Phi) is 6.40. The Labute approximate surface area is 190 Å². The molecule has 0 unspecified atom stereocenters. The van der Waals surface area contributed by atoms with Crippen LogP contribution in [0.4, 0.5) is 43.7 Å². The van der Waals surface area contributed by atoms with Gasteiger partial charge in [0.2, 0.25) is 0 Å². The molecule has 33 heavy (non-hydrogen) atoms. The number of aromatic nitrogens is 3. The number of nitrogens with zero attached hydrogens (tertiary/aromatic N) is 3.